The van der Waals surface area contributed by atoms with Crippen LogP contribution in [0, 0.1) is 0 Å². The van der Waals surface area contributed by atoms with Crippen molar-refractivity contribution in [2.45, 2.75) is 6.42 Å². The van der Waals surface area contributed by atoms with Crippen molar-refractivity contribution in [1.82, 2.24) is 10.2 Å². The molecule has 0 aromatic carbocycles. The van der Waals surface area contributed by atoms with E-state index in [0.717, 1.165) is 0 Å². The SMILES string of the molecule is NCCN1CC(=O)NC(=O)CC1=O. The molecule has 0 bridgehead atoms. The Morgan fingerprint density at radius 3 is 2.62 bits per heavy atom. The van der Waals surface area contributed by atoms with E-state index in [1.54, 1.807) is 0 Å². The number of amides is 3. The number of nitrogens with zero attached hydrogens (tertiary/aromatic N) is 1. The van der Waals surface area contributed by atoms with Crippen molar-refractivity contribution >= 4 is 17.7 Å². The van der Waals surface area contributed by atoms with Gasteiger partial charge in [-0.3, -0.25) is 19.7 Å². The largest absolute Gasteiger partial charge is 0.332 e. The maximum Gasteiger partial charge on any atom is 0.246 e. The number of hydrogen-bond donors (Lipinski definition) is 2. The van der Waals surface area contributed by atoms with Crippen LogP contribution in [0.15, 0.2) is 0 Å². The molecule has 0 aromatic heterocycles. The molecule has 0 aromatic rings. The average Bonchev–Trinajstić information content (AvgIpc) is 2.12. The number of nitrogens with one attached hydrogen (secondary N) is 1. The molecule has 0 unspecified atom stereocenters. The van der Waals surface area contributed by atoms with Crippen LogP contribution >= 0.6 is 0 Å². The molecular weight excluding hydrogens is 174 g/mol. The van der Waals surface area contributed by atoms with Gasteiger partial charge in [0.15, 0.2) is 0 Å². The fraction of sp³-hybridized carbons (Fsp3) is 0.571. The van der Waals surface area contributed by atoms with E-state index in [9.17, 15) is 14.4 Å². The summed E-state index contributed by atoms with van der Waals surface area (Å²) >= 11 is 0. The molecule has 6 nitrogen and oxygen atoms in total. The van der Waals surface area contributed by atoms with Gasteiger partial charge in [-0.2, -0.15) is 0 Å². The summed E-state index contributed by atoms with van der Waals surface area (Å²) < 4.78 is 0. The number of rotatable bonds is 2. The summed E-state index contributed by atoms with van der Waals surface area (Å²) in [6.45, 7) is 0.508. The molecule has 13 heavy (non-hydrogen) atoms. The van der Waals surface area contributed by atoms with Crippen LogP contribution in [0.2, 0.25) is 0 Å². The van der Waals surface area contributed by atoms with Crippen LogP contribution in [0.3, 0.4) is 0 Å². The monoisotopic (exact) mass is 185 g/mol. The standard InChI is InChI=1S/C7H11N3O3/c8-1-2-10-4-6(12)9-5(11)3-7(10)13/h1-4,8H2,(H,9,11,12). The second-order valence-corrected chi connectivity index (χ2v) is 2.75. The molecule has 72 valence electrons. The van der Waals surface area contributed by atoms with E-state index in [1.807, 2.05) is 0 Å². The highest BCUT2D eigenvalue weighted by Crippen LogP contribution is 1.98. The first-order chi connectivity index (χ1) is 6.13. The van der Waals surface area contributed by atoms with E-state index in [-0.39, 0.29) is 25.4 Å². The Hall–Kier alpha value is -1.43. The second-order valence-electron chi connectivity index (χ2n) is 2.75. The van der Waals surface area contributed by atoms with Gasteiger partial charge in [-0.25, -0.2) is 0 Å². The Labute approximate surface area is 75.1 Å². The van der Waals surface area contributed by atoms with Gasteiger partial charge < -0.3 is 10.6 Å². The predicted octanol–water partition coefficient (Wildman–Crippen LogP) is -2.18. The van der Waals surface area contributed by atoms with E-state index in [4.69, 9.17) is 5.73 Å². The highest BCUT2D eigenvalue weighted by Gasteiger charge is 2.24. The molecule has 0 atom stereocenters. The van der Waals surface area contributed by atoms with Gasteiger partial charge in [0.05, 0.1) is 6.54 Å². The van der Waals surface area contributed by atoms with Crippen LogP contribution in [0.5, 0.6) is 0 Å². The molecule has 1 fully saturated rings. The molecule has 1 rings (SSSR count). The predicted molar refractivity (Wildman–Crippen MR) is 43.4 cm³/mol. The number of carbonyl (C=O) groups excluding carboxylic acids is 3. The zero-order valence-corrected chi connectivity index (χ0v) is 7.08. The molecular formula is C7H11N3O3. The summed E-state index contributed by atoms with van der Waals surface area (Å²) in [4.78, 5) is 34.3. The molecule has 0 radical (unpaired) electrons. The maximum atomic E-state index is 11.2. The topological polar surface area (TPSA) is 92.5 Å². The normalized spacial score (nSPS) is 18.5. The van der Waals surface area contributed by atoms with Crippen LogP contribution in [-0.2, 0) is 14.4 Å². The van der Waals surface area contributed by atoms with Crippen molar-refractivity contribution in [3.8, 4) is 0 Å². The van der Waals surface area contributed by atoms with Gasteiger partial charge in [0.25, 0.3) is 0 Å². The minimum Gasteiger partial charge on any atom is -0.332 e. The fourth-order valence-electron chi connectivity index (χ4n) is 1.11. The van der Waals surface area contributed by atoms with Crippen molar-refractivity contribution in [1.29, 1.82) is 0 Å². The Kier molecular flexibility index (Phi) is 2.97. The molecule has 6 heteroatoms. The summed E-state index contributed by atoms with van der Waals surface area (Å²) in [5, 5.41) is 2.08. The lowest BCUT2D eigenvalue weighted by Crippen LogP contribution is -2.38. The van der Waals surface area contributed by atoms with Gasteiger partial charge in [-0.05, 0) is 0 Å². The van der Waals surface area contributed by atoms with Gasteiger partial charge in [-0.15, -0.1) is 0 Å². The minimum atomic E-state index is -0.547. The van der Waals surface area contributed by atoms with Crippen LogP contribution in [0.1, 0.15) is 6.42 Å². The van der Waals surface area contributed by atoms with Crippen LogP contribution in [0.25, 0.3) is 0 Å². The lowest BCUT2D eigenvalue weighted by molar-refractivity contribution is -0.134. The quantitative estimate of drug-likeness (QED) is 0.378. The lowest BCUT2D eigenvalue weighted by Gasteiger charge is -2.16. The molecule has 3 amide bonds. The highest BCUT2D eigenvalue weighted by atomic mass is 16.2. The Morgan fingerprint density at radius 2 is 2.00 bits per heavy atom. The van der Waals surface area contributed by atoms with E-state index in [0.29, 0.717) is 6.54 Å². The van der Waals surface area contributed by atoms with E-state index in [1.165, 1.54) is 4.90 Å². The maximum absolute atomic E-state index is 11.2. The zero-order chi connectivity index (χ0) is 9.84. The molecule has 1 saturated heterocycles. The number of carbonyl (C=O) groups is 3. The first-order valence-electron chi connectivity index (χ1n) is 3.94. The third-order valence-corrected chi connectivity index (χ3v) is 1.68. The Bertz CT molecular complexity index is 251. The zero-order valence-electron chi connectivity index (χ0n) is 7.08. The second kappa shape index (κ2) is 3.99. The van der Waals surface area contributed by atoms with Crippen molar-refractivity contribution in [2.75, 3.05) is 19.6 Å². The molecule has 0 aliphatic carbocycles. The third-order valence-electron chi connectivity index (χ3n) is 1.68. The Morgan fingerprint density at radius 1 is 1.31 bits per heavy atom. The van der Waals surface area contributed by atoms with Crippen LogP contribution < -0.4 is 11.1 Å². The number of imide groups is 1. The Balaban J connectivity index is 2.68. The lowest BCUT2D eigenvalue weighted by atomic mass is 10.3. The van der Waals surface area contributed by atoms with Gasteiger partial charge in [0.1, 0.15) is 6.42 Å². The van der Waals surface area contributed by atoms with E-state index < -0.39 is 11.8 Å². The smallest absolute Gasteiger partial charge is 0.246 e. The van der Waals surface area contributed by atoms with Gasteiger partial charge in [0, 0.05) is 13.1 Å². The summed E-state index contributed by atoms with van der Waals surface area (Å²) in [6.07, 6.45) is -0.272. The van der Waals surface area contributed by atoms with Crippen molar-refractivity contribution in [3.05, 3.63) is 0 Å². The van der Waals surface area contributed by atoms with Crippen molar-refractivity contribution in [3.63, 3.8) is 0 Å². The summed E-state index contributed by atoms with van der Waals surface area (Å²) in [7, 11) is 0. The molecule has 1 aliphatic rings. The van der Waals surface area contributed by atoms with Gasteiger partial charge in [0.2, 0.25) is 17.7 Å². The van der Waals surface area contributed by atoms with E-state index >= 15 is 0 Å². The summed E-state index contributed by atoms with van der Waals surface area (Å²) in [6, 6.07) is 0. The van der Waals surface area contributed by atoms with E-state index in [2.05, 4.69) is 5.32 Å². The van der Waals surface area contributed by atoms with Crippen LogP contribution in [-0.4, -0.2) is 42.3 Å². The molecule has 0 saturated carbocycles. The first kappa shape index (κ1) is 9.66. The molecule has 1 aliphatic heterocycles. The number of nitrogens with two attached hydrogens (primary N) is 1. The molecule has 3 N–H and O–H groups in total. The van der Waals surface area contributed by atoms with Crippen molar-refractivity contribution in [2.24, 2.45) is 5.73 Å². The minimum absolute atomic E-state index is 0.0816. The average molecular weight is 185 g/mol. The third kappa shape index (κ3) is 2.51. The van der Waals surface area contributed by atoms with Gasteiger partial charge in [-0.1, -0.05) is 0 Å². The summed E-state index contributed by atoms with van der Waals surface area (Å²) in [5.41, 5.74) is 5.24. The summed E-state index contributed by atoms with van der Waals surface area (Å²) in [5.74, 6) is -1.35. The first-order valence-corrected chi connectivity index (χ1v) is 3.94. The fourth-order valence-corrected chi connectivity index (χ4v) is 1.11. The van der Waals surface area contributed by atoms with Gasteiger partial charge >= 0.3 is 0 Å². The van der Waals surface area contributed by atoms with Crippen LogP contribution in [0.4, 0.5) is 0 Å². The van der Waals surface area contributed by atoms with Crippen molar-refractivity contribution < 1.29 is 14.4 Å². The highest BCUT2D eigenvalue weighted by molar-refractivity contribution is 6.07. The molecule has 1 heterocycles. The number of hydrogen-bond acceptors (Lipinski definition) is 4. The molecule has 0 spiro atoms.